The molecule has 0 saturated carbocycles. The van der Waals surface area contributed by atoms with E-state index in [0.29, 0.717) is 27.6 Å². The van der Waals surface area contributed by atoms with Gasteiger partial charge in [-0.3, -0.25) is 29.8 Å². The van der Waals surface area contributed by atoms with Crippen molar-refractivity contribution in [3.8, 4) is 0 Å². The fraction of sp³-hybridized carbons (Fsp3) is 0.200. The molecule has 2 aromatic carbocycles. The SMILES string of the molecule is CCC(=O)NNC(=O)CSc1nc2ccc(Cl)cc2c(=O)n1Cc1ccccc1. The number of carbonyl (C=O) groups excluding carboxylic acids is 2. The van der Waals surface area contributed by atoms with Crippen LogP contribution in [0.15, 0.2) is 58.5 Å². The van der Waals surface area contributed by atoms with Gasteiger partial charge in [-0.15, -0.1) is 0 Å². The van der Waals surface area contributed by atoms with Gasteiger partial charge in [0.05, 0.1) is 23.2 Å². The molecule has 3 rings (SSSR count). The van der Waals surface area contributed by atoms with Crippen molar-refractivity contribution in [3.63, 3.8) is 0 Å². The Morgan fingerprint density at radius 3 is 2.55 bits per heavy atom. The number of aromatic nitrogens is 2. The second-order valence-electron chi connectivity index (χ2n) is 6.17. The minimum atomic E-state index is -0.395. The molecule has 7 nitrogen and oxygen atoms in total. The van der Waals surface area contributed by atoms with Crippen LogP contribution in [0.4, 0.5) is 0 Å². The summed E-state index contributed by atoms with van der Waals surface area (Å²) < 4.78 is 1.52. The standard InChI is InChI=1S/C20H19ClN4O3S/c1-2-17(26)23-24-18(27)12-29-20-22-16-9-8-14(21)10-15(16)19(28)25(20)11-13-6-4-3-5-7-13/h3-10H,2,11-12H2,1H3,(H,23,26)(H,24,27). The first-order valence-corrected chi connectivity index (χ1v) is 10.3. The van der Waals surface area contributed by atoms with Gasteiger partial charge in [0, 0.05) is 11.4 Å². The monoisotopic (exact) mass is 430 g/mol. The number of hydrogen-bond donors (Lipinski definition) is 2. The van der Waals surface area contributed by atoms with Crippen LogP contribution < -0.4 is 16.4 Å². The topological polar surface area (TPSA) is 93.1 Å². The lowest BCUT2D eigenvalue weighted by molar-refractivity contribution is -0.127. The summed E-state index contributed by atoms with van der Waals surface area (Å²) in [6.45, 7) is 2.00. The maximum atomic E-state index is 13.1. The number of hydrazine groups is 1. The quantitative estimate of drug-likeness (QED) is 0.356. The minimum Gasteiger partial charge on any atom is -0.283 e. The molecule has 0 atom stereocenters. The average Bonchev–Trinajstić information content (AvgIpc) is 2.74. The Hall–Kier alpha value is -2.84. The number of nitrogens with one attached hydrogen (secondary N) is 2. The van der Waals surface area contributed by atoms with Crippen molar-refractivity contribution >= 4 is 46.1 Å². The molecule has 2 N–H and O–H groups in total. The van der Waals surface area contributed by atoms with Gasteiger partial charge < -0.3 is 0 Å². The Labute approximate surface area is 176 Å². The zero-order valence-electron chi connectivity index (χ0n) is 15.6. The largest absolute Gasteiger partial charge is 0.283 e. The molecule has 9 heteroatoms. The summed E-state index contributed by atoms with van der Waals surface area (Å²) in [6, 6.07) is 14.4. The number of hydrogen-bond acceptors (Lipinski definition) is 5. The lowest BCUT2D eigenvalue weighted by atomic mass is 10.2. The highest BCUT2D eigenvalue weighted by molar-refractivity contribution is 7.99. The van der Waals surface area contributed by atoms with Gasteiger partial charge in [0.15, 0.2) is 5.16 Å². The highest BCUT2D eigenvalue weighted by Crippen LogP contribution is 2.21. The van der Waals surface area contributed by atoms with E-state index >= 15 is 0 Å². The molecule has 0 fully saturated rings. The number of nitrogens with zero attached hydrogens (tertiary/aromatic N) is 2. The predicted molar refractivity (Wildman–Crippen MR) is 114 cm³/mol. The summed E-state index contributed by atoms with van der Waals surface area (Å²) >= 11 is 7.17. The van der Waals surface area contributed by atoms with Crippen LogP contribution in [0.3, 0.4) is 0 Å². The number of rotatable bonds is 6. The number of fused-ring (bicyclic) bond motifs is 1. The molecule has 0 aliphatic heterocycles. The molecule has 150 valence electrons. The summed E-state index contributed by atoms with van der Waals surface area (Å²) in [5, 5.41) is 1.28. The van der Waals surface area contributed by atoms with E-state index in [1.54, 1.807) is 25.1 Å². The van der Waals surface area contributed by atoms with E-state index in [1.165, 1.54) is 4.57 Å². The van der Waals surface area contributed by atoms with Crippen molar-refractivity contribution in [1.29, 1.82) is 0 Å². The number of halogens is 1. The van der Waals surface area contributed by atoms with Gasteiger partial charge in [-0.2, -0.15) is 0 Å². The van der Waals surface area contributed by atoms with E-state index in [9.17, 15) is 14.4 Å². The van der Waals surface area contributed by atoms with Crippen molar-refractivity contribution < 1.29 is 9.59 Å². The molecular weight excluding hydrogens is 412 g/mol. The summed E-state index contributed by atoms with van der Waals surface area (Å²) in [7, 11) is 0. The zero-order chi connectivity index (χ0) is 20.8. The molecule has 29 heavy (non-hydrogen) atoms. The zero-order valence-corrected chi connectivity index (χ0v) is 17.2. The normalized spacial score (nSPS) is 10.7. The molecule has 0 aliphatic carbocycles. The first-order valence-electron chi connectivity index (χ1n) is 8.92. The third kappa shape index (κ3) is 5.36. The minimum absolute atomic E-state index is 0.00960. The van der Waals surface area contributed by atoms with Gasteiger partial charge in [0.2, 0.25) is 11.8 Å². The highest BCUT2D eigenvalue weighted by Gasteiger charge is 2.14. The lowest BCUT2D eigenvalue weighted by Crippen LogP contribution is -2.42. The molecular formula is C20H19ClN4O3S. The van der Waals surface area contributed by atoms with Gasteiger partial charge in [-0.05, 0) is 23.8 Å². The molecule has 3 aromatic rings. The lowest BCUT2D eigenvalue weighted by Gasteiger charge is -2.13. The van der Waals surface area contributed by atoms with Crippen LogP contribution in [0.2, 0.25) is 5.02 Å². The van der Waals surface area contributed by atoms with Crippen LogP contribution in [0.5, 0.6) is 0 Å². The molecule has 0 unspecified atom stereocenters. The van der Waals surface area contributed by atoms with E-state index in [2.05, 4.69) is 15.8 Å². The van der Waals surface area contributed by atoms with Crippen molar-refractivity contribution in [2.24, 2.45) is 0 Å². The maximum Gasteiger partial charge on any atom is 0.262 e. The van der Waals surface area contributed by atoms with Crippen molar-refractivity contribution in [3.05, 3.63) is 69.5 Å². The molecule has 0 aliphatic rings. The van der Waals surface area contributed by atoms with E-state index in [0.717, 1.165) is 17.3 Å². The molecule has 1 aromatic heterocycles. The summed E-state index contributed by atoms with van der Waals surface area (Å²) in [5.41, 5.74) is 5.86. The maximum absolute atomic E-state index is 13.1. The highest BCUT2D eigenvalue weighted by atomic mass is 35.5. The Morgan fingerprint density at radius 2 is 1.83 bits per heavy atom. The Balaban J connectivity index is 1.90. The Morgan fingerprint density at radius 1 is 1.10 bits per heavy atom. The van der Waals surface area contributed by atoms with Crippen LogP contribution in [0.25, 0.3) is 10.9 Å². The third-order valence-corrected chi connectivity index (χ3v) is 5.27. The molecule has 0 spiro atoms. The Bertz CT molecular complexity index is 1100. The number of benzene rings is 2. The van der Waals surface area contributed by atoms with Crippen molar-refractivity contribution in [1.82, 2.24) is 20.4 Å². The number of amides is 2. The third-order valence-electron chi connectivity index (χ3n) is 4.06. The first kappa shape index (κ1) is 20.9. The second kappa shape index (κ2) is 9.58. The van der Waals surface area contributed by atoms with Gasteiger partial charge in [-0.25, -0.2) is 4.98 Å². The molecule has 1 heterocycles. The molecule has 0 radical (unpaired) electrons. The summed E-state index contributed by atoms with van der Waals surface area (Å²) in [4.78, 5) is 40.9. The second-order valence-corrected chi connectivity index (χ2v) is 7.55. The fourth-order valence-corrected chi connectivity index (χ4v) is 3.55. The van der Waals surface area contributed by atoms with Crippen LogP contribution in [0, 0.1) is 0 Å². The summed E-state index contributed by atoms with van der Waals surface area (Å²) in [6.07, 6.45) is 0.263. The average molecular weight is 431 g/mol. The van der Waals surface area contributed by atoms with Crippen LogP contribution in [0.1, 0.15) is 18.9 Å². The number of carbonyl (C=O) groups is 2. The van der Waals surface area contributed by atoms with E-state index in [1.807, 2.05) is 30.3 Å². The van der Waals surface area contributed by atoms with Crippen LogP contribution in [-0.4, -0.2) is 27.1 Å². The smallest absolute Gasteiger partial charge is 0.262 e. The molecule has 0 saturated heterocycles. The van der Waals surface area contributed by atoms with Gasteiger partial charge in [0.1, 0.15) is 0 Å². The van der Waals surface area contributed by atoms with Crippen LogP contribution >= 0.6 is 23.4 Å². The number of thioether (sulfide) groups is 1. The summed E-state index contributed by atoms with van der Waals surface area (Å²) in [5.74, 6) is -0.691. The predicted octanol–water partition coefficient (Wildman–Crippen LogP) is 2.75. The molecule has 2 amide bonds. The van der Waals surface area contributed by atoms with Gasteiger partial charge in [-0.1, -0.05) is 60.6 Å². The van der Waals surface area contributed by atoms with Gasteiger partial charge in [0.25, 0.3) is 5.56 Å². The van der Waals surface area contributed by atoms with E-state index < -0.39 is 5.91 Å². The Kier molecular flexibility index (Phi) is 6.90. The molecule has 0 bridgehead atoms. The van der Waals surface area contributed by atoms with E-state index in [4.69, 9.17) is 11.6 Å². The fourth-order valence-electron chi connectivity index (χ4n) is 2.58. The van der Waals surface area contributed by atoms with Crippen molar-refractivity contribution in [2.45, 2.75) is 25.0 Å². The van der Waals surface area contributed by atoms with Crippen molar-refractivity contribution in [2.75, 3.05) is 5.75 Å². The van der Waals surface area contributed by atoms with E-state index in [-0.39, 0.29) is 23.6 Å². The van der Waals surface area contributed by atoms with Crippen LogP contribution in [-0.2, 0) is 16.1 Å². The van der Waals surface area contributed by atoms with Gasteiger partial charge >= 0.3 is 0 Å². The first-order chi connectivity index (χ1) is 14.0.